The van der Waals surface area contributed by atoms with Gasteiger partial charge in [0, 0.05) is 13.1 Å². The van der Waals surface area contributed by atoms with Crippen molar-refractivity contribution in [2.75, 3.05) is 6.54 Å². The van der Waals surface area contributed by atoms with Crippen LogP contribution in [-0.4, -0.2) is 23.3 Å². The molecule has 0 saturated carbocycles. The van der Waals surface area contributed by atoms with E-state index in [0.717, 1.165) is 16.7 Å². The van der Waals surface area contributed by atoms with Crippen LogP contribution in [0.15, 0.2) is 104 Å². The molecule has 0 saturated heterocycles. The van der Waals surface area contributed by atoms with Crippen molar-refractivity contribution in [3.63, 3.8) is 0 Å². The Balaban J connectivity index is 1.97. The summed E-state index contributed by atoms with van der Waals surface area (Å²) in [6.45, 7) is 4.36. The summed E-state index contributed by atoms with van der Waals surface area (Å²) in [4.78, 5) is 28.2. The first-order valence-electron chi connectivity index (χ1n) is 10.00. The quantitative estimate of drug-likeness (QED) is 0.546. The molecule has 0 bridgehead atoms. The highest BCUT2D eigenvalue weighted by Crippen LogP contribution is 2.25. The lowest BCUT2D eigenvalue weighted by molar-refractivity contribution is -0.141. The molecule has 0 fully saturated rings. The molecule has 0 aliphatic heterocycles. The maximum absolute atomic E-state index is 13.4. The first-order chi connectivity index (χ1) is 14.7. The Kier molecular flexibility index (Phi) is 7.56. The lowest BCUT2D eigenvalue weighted by atomic mass is 10.0. The summed E-state index contributed by atoms with van der Waals surface area (Å²) in [5.74, 6) is -0.328. The molecule has 3 aromatic rings. The molecule has 4 heteroatoms. The summed E-state index contributed by atoms with van der Waals surface area (Å²) in [6, 6.07) is 28.0. The summed E-state index contributed by atoms with van der Waals surface area (Å²) in [5.41, 5.74) is 2.66. The lowest BCUT2D eigenvalue weighted by Crippen LogP contribution is -2.44. The molecule has 1 atom stereocenters. The molecule has 0 heterocycles. The van der Waals surface area contributed by atoms with Crippen molar-refractivity contribution in [3.05, 3.63) is 120 Å². The minimum Gasteiger partial charge on any atom is -0.351 e. The predicted octanol–water partition coefficient (Wildman–Crippen LogP) is 4.30. The number of benzene rings is 3. The van der Waals surface area contributed by atoms with Gasteiger partial charge in [0.15, 0.2) is 0 Å². The Morgan fingerprint density at radius 1 is 0.833 bits per heavy atom. The fraction of sp³-hybridized carbons (Fsp3) is 0.154. The topological polar surface area (TPSA) is 49.4 Å². The van der Waals surface area contributed by atoms with E-state index >= 15 is 0 Å². The van der Waals surface area contributed by atoms with Crippen molar-refractivity contribution < 1.29 is 9.59 Å². The molecule has 0 radical (unpaired) electrons. The van der Waals surface area contributed by atoms with Gasteiger partial charge in [0.25, 0.3) is 0 Å². The van der Waals surface area contributed by atoms with Crippen LogP contribution in [-0.2, 0) is 22.6 Å². The molecule has 30 heavy (non-hydrogen) atoms. The number of hydrogen-bond acceptors (Lipinski definition) is 2. The average molecular weight is 399 g/mol. The summed E-state index contributed by atoms with van der Waals surface area (Å²) in [7, 11) is 0. The molecule has 4 nitrogen and oxygen atoms in total. The molecule has 0 aromatic heterocycles. The standard InChI is InChI=1S/C26H26N2O2/c1-2-18-27-26(30)25(23-16-10-5-11-17-23)28(20-22-14-8-4-9-15-22)24(29)19-21-12-6-3-7-13-21/h2-17,25H,1,18-20H2,(H,27,30)/t25-/m0/s1. The van der Waals surface area contributed by atoms with Crippen LogP contribution >= 0.6 is 0 Å². The minimum atomic E-state index is -0.734. The highest BCUT2D eigenvalue weighted by Gasteiger charge is 2.31. The van der Waals surface area contributed by atoms with E-state index in [4.69, 9.17) is 0 Å². The Morgan fingerprint density at radius 3 is 1.93 bits per heavy atom. The molecule has 3 aromatic carbocycles. The molecule has 0 aliphatic carbocycles. The Hall–Kier alpha value is -3.66. The van der Waals surface area contributed by atoms with Crippen LogP contribution in [0.4, 0.5) is 0 Å². The van der Waals surface area contributed by atoms with E-state index in [2.05, 4.69) is 11.9 Å². The molecule has 1 N–H and O–H groups in total. The van der Waals surface area contributed by atoms with Crippen LogP contribution in [0.3, 0.4) is 0 Å². The monoisotopic (exact) mass is 398 g/mol. The van der Waals surface area contributed by atoms with Crippen molar-refractivity contribution >= 4 is 11.8 Å². The summed E-state index contributed by atoms with van der Waals surface area (Å²) in [6.07, 6.45) is 1.86. The average Bonchev–Trinajstić information content (AvgIpc) is 2.79. The van der Waals surface area contributed by atoms with Crippen molar-refractivity contribution in [2.24, 2.45) is 0 Å². The van der Waals surface area contributed by atoms with E-state index in [1.807, 2.05) is 91.0 Å². The largest absolute Gasteiger partial charge is 0.351 e. The summed E-state index contributed by atoms with van der Waals surface area (Å²) >= 11 is 0. The third kappa shape index (κ3) is 5.67. The Morgan fingerprint density at radius 2 is 1.37 bits per heavy atom. The minimum absolute atomic E-state index is 0.104. The molecule has 0 unspecified atom stereocenters. The van der Waals surface area contributed by atoms with E-state index in [9.17, 15) is 9.59 Å². The van der Waals surface area contributed by atoms with Gasteiger partial charge in [-0.1, -0.05) is 97.1 Å². The lowest BCUT2D eigenvalue weighted by Gasteiger charge is -2.31. The van der Waals surface area contributed by atoms with Crippen LogP contribution in [0.1, 0.15) is 22.7 Å². The highest BCUT2D eigenvalue weighted by molar-refractivity contribution is 5.89. The first-order valence-corrected chi connectivity index (χ1v) is 10.00. The molecular formula is C26H26N2O2. The highest BCUT2D eigenvalue weighted by atomic mass is 16.2. The van der Waals surface area contributed by atoms with Crippen LogP contribution in [0.5, 0.6) is 0 Å². The Labute approximate surface area is 177 Å². The van der Waals surface area contributed by atoms with Gasteiger partial charge in [0.1, 0.15) is 6.04 Å². The predicted molar refractivity (Wildman–Crippen MR) is 120 cm³/mol. The van der Waals surface area contributed by atoms with Gasteiger partial charge in [0.2, 0.25) is 11.8 Å². The van der Waals surface area contributed by atoms with Crippen LogP contribution in [0.25, 0.3) is 0 Å². The third-order valence-corrected chi connectivity index (χ3v) is 4.81. The van der Waals surface area contributed by atoms with E-state index in [-0.39, 0.29) is 18.2 Å². The molecule has 3 rings (SSSR count). The second-order valence-corrected chi connectivity index (χ2v) is 7.02. The number of nitrogens with one attached hydrogen (secondary N) is 1. The zero-order chi connectivity index (χ0) is 21.2. The van der Waals surface area contributed by atoms with Gasteiger partial charge >= 0.3 is 0 Å². The second kappa shape index (κ2) is 10.8. The van der Waals surface area contributed by atoms with E-state index in [1.54, 1.807) is 11.0 Å². The molecule has 152 valence electrons. The van der Waals surface area contributed by atoms with Gasteiger partial charge < -0.3 is 10.2 Å². The summed E-state index contributed by atoms with van der Waals surface area (Å²) in [5, 5.41) is 2.87. The molecule has 2 amide bonds. The number of carbonyl (C=O) groups is 2. The first kappa shape index (κ1) is 21.1. The molecule has 0 spiro atoms. The van der Waals surface area contributed by atoms with Gasteiger partial charge in [-0.25, -0.2) is 0 Å². The Bertz CT molecular complexity index is 956. The second-order valence-electron chi connectivity index (χ2n) is 7.02. The van der Waals surface area contributed by atoms with Gasteiger partial charge in [-0.05, 0) is 16.7 Å². The van der Waals surface area contributed by atoms with Gasteiger partial charge in [0.05, 0.1) is 6.42 Å². The van der Waals surface area contributed by atoms with Crippen molar-refractivity contribution in [3.8, 4) is 0 Å². The zero-order valence-electron chi connectivity index (χ0n) is 16.9. The molecular weight excluding hydrogens is 372 g/mol. The van der Waals surface area contributed by atoms with Gasteiger partial charge in [-0.3, -0.25) is 9.59 Å². The zero-order valence-corrected chi connectivity index (χ0v) is 16.9. The fourth-order valence-electron chi connectivity index (χ4n) is 3.35. The number of amides is 2. The van der Waals surface area contributed by atoms with Gasteiger partial charge in [-0.2, -0.15) is 0 Å². The number of carbonyl (C=O) groups excluding carboxylic acids is 2. The van der Waals surface area contributed by atoms with Gasteiger partial charge in [-0.15, -0.1) is 6.58 Å². The van der Waals surface area contributed by atoms with Crippen molar-refractivity contribution in [1.82, 2.24) is 10.2 Å². The van der Waals surface area contributed by atoms with E-state index in [1.165, 1.54) is 0 Å². The number of nitrogens with zero attached hydrogens (tertiary/aromatic N) is 1. The van der Waals surface area contributed by atoms with Crippen LogP contribution in [0, 0.1) is 0 Å². The number of hydrogen-bond donors (Lipinski definition) is 1. The van der Waals surface area contributed by atoms with Crippen LogP contribution in [0.2, 0.25) is 0 Å². The smallest absolute Gasteiger partial charge is 0.247 e. The third-order valence-electron chi connectivity index (χ3n) is 4.81. The normalized spacial score (nSPS) is 11.3. The fourth-order valence-corrected chi connectivity index (χ4v) is 3.35. The van der Waals surface area contributed by atoms with Crippen LogP contribution < -0.4 is 5.32 Å². The number of rotatable bonds is 9. The van der Waals surface area contributed by atoms with E-state index < -0.39 is 6.04 Å². The maximum Gasteiger partial charge on any atom is 0.247 e. The van der Waals surface area contributed by atoms with E-state index in [0.29, 0.717) is 13.1 Å². The SMILES string of the molecule is C=CCNC(=O)[C@H](c1ccccc1)N(Cc1ccccc1)C(=O)Cc1ccccc1. The maximum atomic E-state index is 13.4. The van der Waals surface area contributed by atoms with Crippen molar-refractivity contribution in [1.29, 1.82) is 0 Å². The molecule has 0 aliphatic rings. The van der Waals surface area contributed by atoms with Crippen molar-refractivity contribution in [2.45, 2.75) is 19.0 Å². The summed E-state index contributed by atoms with van der Waals surface area (Å²) < 4.78 is 0.